The topological polar surface area (TPSA) is 89.4 Å². The number of ether oxygens (including phenoxy) is 1. The second-order valence-corrected chi connectivity index (χ2v) is 9.29. The molecule has 0 unspecified atom stereocenters. The highest BCUT2D eigenvalue weighted by Gasteiger charge is 2.31. The molecule has 1 aliphatic carbocycles. The molecule has 0 radical (unpaired) electrons. The van der Waals surface area contributed by atoms with Crippen LogP contribution in [0.25, 0.3) is 10.2 Å². The number of carbonyl (C=O) groups is 3. The van der Waals surface area contributed by atoms with E-state index in [2.05, 4.69) is 17.6 Å². The number of aryl methyl sites for hydroxylation is 3. The summed E-state index contributed by atoms with van der Waals surface area (Å²) in [5, 5.41) is 6.68. The first-order chi connectivity index (χ1) is 15.9. The van der Waals surface area contributed by atoms with Gasteiger partial charge in [0.15, 0.2) is 5.69 Å². The average Bonchev–Trinajstić information content (AvgIpc) is 3.29. The van der Waals surface area contributed by atoms with Gasteiger partial charge in [-0.15, -0.1) is 11.3 Å². The molecule has 0 bridgehead atoms. The van der Waals surface area contributed by atoms with Crippen LogP contribution in [0.5, 0.6) is 0 Å². The van der Waals surface area contributed by atoms with Crippen LogP contribution in [-0.4, -0.2) is 29.0 Å². The third kappa shape index (κ3) is 4.66. The first-order valence-electron chi connectivity index (χ1n) is 11.4. The number of esters is 1. The normalized spacial score (nSPS) is 12.9. The SMILES string of the molecule is CCOC(=O)c1c(NC(C)=O)c2c3c(sc2n1CC(=O)Nc1cccc(CC)c1)CCCC3. The van der Waals surface area contributed by atoms with Gasteiger partial charge in [-0.05, 0) is 62.3 Å². The molecule has 33 heavy (non-hydrogen) atoms. The second-order valence-electron chi connectivity index (χ2n) is 8.20. The van der Waals surface area contributed by atoms with E-state index in [1.165, 1.54) is 17.4 Å². The minimum absolute atomic E-state index is 0.0556. The van der Waals surface area contributed by atoms with Crippen molar-refractivity contribution in [3.8, 4) is 0 Å². The van der Waals surface area contributed by atoms with Gasteiger partial charge < -0.3 is 19.9 Å². The molecule has 2 aromatic heterocycles. The van der Waals surface area contributed by atoms with E-state index < -0.39 is 5.97 Å². The maximum atomic E-state index is 13.1. The van der Waals surface area contributed by atoms with Gasteiger partial charge in [-0.2, -0.15) is 0 Å². The lowest BCUT2D eigenvalue weighted by molar-refractivity contribution is -0.116. The van der Waals surface area contributed by atoms with E-state index in [-0.39, 0.29) is 30.7 Å². The monoisotopic (exact) mass is 467 g/mol. The van der Waals surface area contributed by atoms with Gasteiger partial charge in [-0.25, -0.2) is 4.79 Å². The van der Waals surface area contributed by atoms with Gasteiger partial charge in [0.05, 0.1) is 12.3 Å². The van der Waals surface area contributed by atoms with Crippen molar-refractivity contribution in [1.82, 2.24) is 4.57 Å². The maximum absolute atomic E-state index is 13.1. The number of benzene rings is 1. The minimum Gasteiger partial charge on any atom is -0.461 e. The summed E-state index contributed by atoms with van der Waals surface area (Å²) in [6.07, 6.45) is 4.91. The predicted octanol–water partition coefficient (Wildman–Crippen LogP) is 4.92. The fraction of sp³-hybridized carbons (Fsp3) is 0.400. The lowest BCUT2D eigenvalue weighted by Gasteiger charge is -2.14. The summed E-state index contributed by atoms with van der Waals surface area (Å²) in [6.45, 7) is 5.36. The van der Waals surface area contributed by atoms with Gasteiger partial charge in [-0.3, -0.25) is 9.59 Å². The highest BCUT2D eigenvalue weighted by Crippen LogP contribution is 2.44. The van der Waals surface area contributed by atoms with Gasteiger partial charge >= 0.3 is 5.97 Å². The van der Waals surface area contributed by atoms with Crippen molar-refractivity contribution in [2.45, 2.75) is 59.4 Å². The molecule has 0 saturated heterocycles. The third-order valence-corrected chi connectivity index (χ3v) is 7.16. The van der Waals surface area contributed by atoms with Gasteiger partial charge in [0.25, 0.3) is 0 Å². The molecule has 8 heteroatoms. The van der Waals surface area contributed by atoms with Crippen LogP contribution < -0.4 is 10.6 Å². The Hall–Kier alpha value is -3.13. The van der Waals surface area contributed by atoms with E-state index in [9.17, 15) is 14.4 Å². The Morgan fingerprint density at radius 2 is 1.91 bits per heavy atom. The molecule has 0 saturated carbocycles. The number of thiophene rings is 1. The third-order valence-electron chi connectivity index (χ3n) is 5.85. The van der Waals surface area contributed by atoms with Crippen molar-refractivity contribution in [1.29, 1.82) is 0 Å². The number of nitrogens with one attached hydrogen (secondary N) is 2. The summed E-state index contributed by atoms with van der Waals surface area (Å²) in [7, 11) is 0. The average molecular weight is 468 g/mol. The standard InChI is InChI=1S/C25H29N3O4S/c1-4-16-9-8-10-17(13-16)27-20(30)14-28-23(25(31)32-5-2)22(26-15(3)29)21-18-11-6-7-12-19(18)33-24(21)28/h8-10,13H,4-7,11-12,14H2,1-3H3,(H,26,29)(H,27,30). The van der Waals surface area contributed by atoms with Crippen LogP contribution in [0.2, 0.25) is 0 Å². The van der Waals surface area contributed by atoms with E-state index in [4.69, 9.17) is 4.74 Å². The fourth-order valence-electron chi connectivity index (χ4n) is 4.43. The minimum atomic E-state index is -0.546. The molecule has 2 heterocycles. The Morgan fingerprint density at radius 3 is 2.64 bits per heavy atom. The number of hydrogen-bond acceptors (Lipinski definition) is 5. The molecule has 0 atom stereocenters. The lowest BCUT2D eigenvalue weighted by Crippen LogP contribution is -2.23. The molecule has 7 nitrogen and oxygen atoms in total. The molecular weight excluding hydrogens is 438 g/mol. The first-order valence-corrected chi connectivity index (χ1v) is 12.2. The molecule has 1 aliphatic rings. The van der Waals surface area contributed by atoms with Crippen molar-refractivity contribution >= 4 is 50.7 Å². The quantitative estimate of drug-likeness (QED) is 0.483. The lowest BCUT2D eigenvalue weighted by atomic mass is 9.96. The van der Waals surface area contributed by atoms with Crippen LogP contribution in [0.3, 0.4) is 0 Å². The molecular formula is C25H29N3O4S. The number of hydrogen-bond donors (Lipinski definition) is 2. The highest BCUT2D eigenvalue weighted by molar-refractivity contribution is 7.19. The Kier molecular flexibility index (Phi) is 6.83. The van der Waals surface area contributed by atoms with Gasteiger partial charge in [-0.1, -0.05) is 19.1 Å². The smallest absolute Gasteiger partial charge is 0.357 e. The Labute approximate surface area is 197 Å². The number of aromatic nitrogens is 1. The number of nitrogens with zero attached hydrogens (tertiary/aromatic N) is 1. The summed E-state index contributed by atoms with van der Waals surface area (Å²) in [6, 6.07) is 7.72. The van der Waals surface area contributed by atoms with Crippen LogP contribution in [0.15, 0.2) is 24.3 Å². The van der Waals surface area contributed by atoms with Crippen molar-refractivity contribution in [2.24, 2.45) is 0 Å². The maximum Gasteiger partial charge on any atom is 0.357 e. The van der Waals surface area contributed by atoms with Crippen LogP contribution in [0, 0.1) is 0 Å². The second kappa shape index (κ2) is 9.79. The first kappa shape index (κ1) is 23.0. The van der Waals surface area contributed by atoms with Crippen LogP contribution in [-0.2, 0) is 40.1 Å². The summed E-state index contributed by atoms with van der Waals surface area (Å²) in [4.78, 5) is 40.2. The van der Waals surface area contributed by atoms with E-state index in [1.54, 1.807) is 22.8 Å². The number of carbonyl (C=O) groups excluding carboxylic acids is 3. The van der Waals surface area contributed by atoms with Crippen LogP contribution >= 0.6 is 11.3 Å². The van der Waals surface area contributed by atoms with Crippen LogP contribution in [0.1, 0.15) is 60.1 Å². The van der Waals surface area contributed by atoms with Gasteiger partial charge in [0.1, 0.15) is 11.4 Å². The molecule has 4 rings (SSSR count). The molecule has 174 valence electrons. The number of rotatable bonds is 7. The Balaban J connectivity index is 1.80. The van der Waals surface area contributed by atoms with E-state index in [0.717, 1.165) is 47.9 Å². The zero-order chi connectivity index (χ0) is 23.5. The fourth-order valence-corrected chi connectivity index (χ4v) is 5.83. The van der Waals surface area contributed by atoms with Crippen molar-refractivity contribution in [3.05, 3.63) is 46.0 Å². The molecule has 2 amide bonds. The van der Waals surface area contributed by atoms with E-state index in [0.29, 0.717) is 11.4 Å². The molecule has 0 fully saturated rings. The van der Waals surface area contributed by atoms with E-state index >= 15 is 0 Å². The van der Waals surface area contributed by atoms with Crippen molar-refractivity contribution < 1.29 is 19.1 Å². The zero-order valence-corrected chi connectivity index (χ0v) is 20.1. The number of anilines is 2. The van der Waals surface area contributed by atoms with Crippen molar-refractivity contribution in [2.75, 3.05) is 17.2 Å². The Bertz CT molecular complexity index is 1220. The predicted molar refractivity (Wildman–Crippen MR) is 131 cm³/mol. The number of fused-ring (bicyclic) bond motifs is 3. The van der Waals surface area contributed by atoms with Gasteiger partial charge in [0.2, 0.25) is 11.8 Å². The van der Waals surface area contributed by atoms with Crippen molar-refractivity contribution in [3.63, 3.8) is 0 Å². The van der Waals surface area contributed by atoms with Crippen LogP contribution in [0.4, 0.5) is 11.4 Å². The summed E-state index contributed by atoms with van der Waals surface area (Å²) < 4.78 is 7.03. The van der Waals surface area contributed by atoms with Gasteiger partial charge in [0, 0.05) is 22.9 Å². The summed E-state index contributed by atoms with van der Waals surface area (Å²) in [5.41, 5.74) is 3.69. The summed E-state index contributed by atoms with van der Waals surface area (Å²) in [5.74, 6) is -1.06. The molecule has 1 aromatic carbocycles. The molecule has 2 N–H and O–H groups in total. The Morgan fingerprint density at radius 1 is 1.12 bits per heavy atom. The molecule has 3 aromatic rings. The molecule has 0 aliphatic heterocycles. The largest absolute Gasteiger partial charge is 0.461 e. The molecule has 0 spiro atoms. The van der Waals surface area contributed by atoms with E-state index in [1.807, 2.05) is 24.3 Å². The summed E-state index contributed by atoms with van der Waals surface area (Å²) >= 11 is 1.60. The zero-order valence-electron chi connectivity index (χ0n) is 19.2. The highest BCUT2D eigenvalue weighted by atomic mass is 32.1. The number of amides is 2.